The molecule has 0 bridgehead atoms. The van der Waals surface area contributed by atoms with E-state index in [-0.39, 0.29) is 0 Å². The van der Waals surface area contributed by atoms with Crippen LogP contribution >= 0.6 is 15.9 Å². The molecule has 0 unspecified atom stereocenters. The molecule has 2 heteroatoms. The molecule has 0 heterocycles. The van der Waals surface area contributed by atoms with E-state index in [9.17, 15) is 0 Å². The van der Waals surface area contributed by atoms with Crippen molar-refractivity contribution in [1.82, 2.24) is 0 Å². The maximum atomic E-state index is 3.49. The first-order chi connectivity index (χ1) is 10.8. The molecule has 0 aliphatic carbocycles. The summed E-state index contributed by atoms with van der Waals surface area (Å²) in [5.74, 6) is 0. The molecule has 0 aromatic heterocycles. The van der Waals surface area contributed by atoms with Crippen molar-refractivity contribution in [3.05, 3.63) is 89.4 Å². The molecule has 0 spiro atoms. The third kappa shape index (κ3) is 3.99. The van der Waals surface area contributed by atoms with E-state index in [4.69, 9.17) is 0 Å². The van der Waals surface area contributed by atoms with Gasteiger partial charge in [-0.3, -0.25) is 0 Å². The van der Waals surface area contributed by atoms with Gasteiger partial charge in [0.05, 0.1) is 0 Å². The summed E-state index contributed by atoms with van der Waals surface area (Å²) >= 11 is 3.49. The van der Waals surface area contributed by atoms with E-state index in [1.54, 1.807) is 0 Å². The van der Waals surface area contributed by atoms with Crippen LogP contribution in [0.4, 0.5) is 17.1 Å². The first-order valence-electron chi connectivity index (χ1n) is 7.50. The lowest BCUT2D eigenvalue weighted by Crippen LogP contribution is -2.09. The van der Waals surface area contributed by atoms with Gasteiger partial charge in [0.1, 0.15) is 0 Å². The minimum atomic E-state index is 1.09. The van der Waals surface area contributed by atoms with Crippen molar-refractivity contribution in [3.63, 3.8) is 0 Å². The van der Waals surface area contributed by atoms with Crippen molar-refractivity contribution in [2.75, 3.05) is 4.90 Å². The quantitative estimate of drug-likeness (QED) is 0.492. The Kier molecular flexibility index (Phi) is 6.23. The predicted molar refractivity (Wildman–Crippen MR) is 100 cm³/mol. The zero-order valence-electron chi connectivity index (χ0n) is 12.9. The van der Waals surface area contributed by atoms with Crippen molar-refractivity contribution >= 4 is 33.0 Å². The predicted octanol–water partition coefficient (Wildman–Crippen LogP) is 6.95. The van der Waals surface area contributed by atoms with E-state index in [0.717, 1.165) is 21.5 Å². The van der Waals surface area contributed by atoms with Crippen LogP contribution in [0.5, 0.6) is 0 Å². The minimum absolute atomic E-state index is 1.09. The molecule has 112 valence electrons. The van der Waals surface area contributed by atoms with Crippen molar-refractivity contribution in [2.24, 2.45) is 0 Å². The second-order valence-corrected chi connectivity index (χ2v) is 5.40. The van der Waals surface area contributed by atoms with Crippen LogP contribution in [0.1, 0.15) is 13.8 Å². The summed E-state index contributed by atoms with van der Waals surface area (Å²) in [6, 6.07) is 29.1. The Bertz CT molecular complexity index is 624. The van der Waals surface area contributed by atoms with Crippen LogP contribution in [0, 0.1) is 0 Å². The normalized spacial score (nSPS) is 9.59. The first kappa shape index (κ1) is 16.3. The molecule has 0 saturated heterocycles. The lowest BCUT2D eigenvalue weighted by Gasteiger charge is -2.25. The summed E-state index contributed by atoms with van der Waals surface area (Å²) in [5, 5.41) is 0. The van der Waals surface area contributed by atoms with Crippen LogP contribution < -0.4 is 4.90 Å². The molecule has 22 heavy (non-hydrogen) atoms. The van der Waals surface area contributed by atoms with Crippen LogP contribution in [0.2, 0.25) is 0 Å². The Hall–Kier alpha value is -2.06. The summed E-state index contributed by atoms with van der Waals surface area (Å²) in [6.07, 6.45) is 0. The maximum Gasteiger partial charge on any atom is 0.0462 e. The van der Waals surface area contributed by atoms with Gasteiger partial charge in [-0.25, -0.2) is 0 Å². The molecule has 0 saturated carbocycles. The zero-order valence-corrected chi connectivity index (χ0v) is 14.5. The van der Waals surface area contributed by atoms with E-state index in [1.165, 1.54) is 0 Å². The molecular weight excluding hydrogens is 334 g/mol. The van der Waals surface area contributed by atoms with Gasteiger partial charge in [0, 0.05) is 21.5 Å². The van der Waals surface area contributed by atoms with Crippen molar-refractivity contribution < 1.29 is 0 Å². The van der Waals surface area contributed by atoms with E-state index >= 15 is 0 Å². The fraction of sp³-hybridized carbons (Fsp3) is 0.100. The fourth-order valence-electron chi connectivity index (χ4n) is 2.19. The molecule has 0 N–H and O–H groups in total. The number of anilines is 3. The van der Waals surface area contributed by atoms with Gasteiger partial charge in [0.15, 0.2) is 0 Å². The lowest BCUT2D eigenvalue weighted by molar-refractivity contribution is 1.28. The SMILES string of the molecule is Brc1ccc(N(c2ccccc2)c2ccccc2)cc1.CC. The second-order valence-electron chi connectivity index (χ2n) is 4.48. The van der Waals surface area contributed by atoms with Gasteiger partial charge in [-0.1, -0.05) is 66.2 Å². The molecule has 0 aliphatic rings. The number of halogens is 1. The van der Waals surface area contributed by atoms with E-state index in [0.29, 0.717) is 0 Å². The molecule has 1 nitrogen and oxygen atoms in total. The standard InChI is InChI=1S/C18H14BrN.C2H6/c19-15-11-13-18(14-12-15)20(16-7-3-1-4-8-16)17-9-5-2-6-10-17;1-2/h1-14H;1-2H3. The Balaban J connectivity index is 0.000000847. The highest BCUT2D eigenvalue weighted by Gasteiger charge is 2.10. The van der Waals surface area contributed by atoms with Crippen LogP contribution in [0.3, 0.4) is 0 Å². The summed E-state index contributed by atoms with van der Waals surface area (Å²) in [4.78, 5) is 2.24. The Morgan fingerprint density at radius 3 is 1.32 bits per heavy atom. The third-order valence-corrected chi connectivity index (χ3v) is 3.64. The maximum absolute atomic E-state index is 3.49. The van der Waals surface area contributed by atoms with Crippen LogP contribution in [-0.2, 0) is 0 Å². The monoisotopic (exact) mass is 353 g/mol. The van der Waals surface area contributed by atoms with E-state index in [1.807, 2.05) is 26.0 Å². The van der Waals surface area contributed by atoms with Gasteiger partial charge in [0.25, 0.3) is 0 Å². The molecule has 0 atom stereocenters. The Labute approximate surface area is 141 Å². The highest BCUT2D eigenvalue weighted by atomic mass is 79.9. The summed E-state index contributed by atoms with van der Waals surface area (Å²) in [7, 11) is 0. The largest absolute Gasteiger partial charge is 0.311 e. The fourth-order valence-corrected chi connectivity index (χ4v) is 2.46. The average molecular weight is 354 g/mol. The summed E-state index contributed by atoms with van der Waals surface area (Å²) in [6.45, 7) is 4.00. The van der Waals surface area contributed by atoms with E-state index < -0.39 is 0 Å². The molecule has 3 aromatic rings. The van der Waals surface area contributed by atoms with Crippen molar-refractivity contribution in [2.45, 2.75) is 13.8 Å². The number of hydrogen-bond donors (Lipinski definition) is 0. The van der Waals surface area contributed by atoms with Gasteiger partial charge in [-0.2, -0.15) is 0 Å². The van der Waals surface area contributed by atoms with Gasteiger partial charge in [-0.05, 0) is 48.5 Å². The molecule has 0 amide bonds. The number of benzene rings is 3. The number of rotatable bonds is 3. The minimum Gasteiger partial charge on any atom is -0.311 e. The molecule has 0 radical (unpaired) electrons. The molecular formula is C20H20BrN. The number of nitrogens with zero attached hydrogens (tertiary/aromatic N) is 1. The zero-order chi connectivity index (χ0) is 15.8. The van der Waals surface area contributed by atoms with Crippen LogP contribution in [0.15, 0.2) is 89.4 Å². The smallest absolute Gasteiger partial charge is 0.0462 e. The molecule has 0 aliphatic heterocycles. The van der Waals surface area contributed by atoms with Crippen LogP contribution in [-0.4, -0.2) is 0 Å². The Morgan fingerprint density at radius 2 is 0.909 bits per heavy atom. The van der Waals surface area contributed by atoms with Crippen molar-refractivity contribution in [1.29, 1.82) is 0 Å². The van der Waals surface area contributed by atoms with Crippen molar-refractivity contribution in [3.8, 4) is 0 Å². The Morgan fingerprint density at radius 1 is 0.545 bits per heavy atom. The van der Waals surface area contributed by atoms with Gasteiger partial charge in [-0.15, -0.1) is 0 Å². The van der Waals surface area contributed by atoms with Gasteiger partial charge >= 0.3 is 0 Å². The average Bonchev–Trinajstić information content (AvgIpc) is 2.61. The number of para-hydroxylation sites is 2. The van der Waals surface area contributed by atoms with E-state index in [2.05, 4.69) is 93.6 Å². The number of hydrogen-bond acceptors (Lipinski definition) is 1. The van der Waals surface area contributed by atoms with Crippen LogP contribution in [0.25, 0.3) is 0 Å². The van der Waals surface area contributed by atoms with Gasteiger partial charge in [0.2, 0.25) is 0 Å². The third-order valence-electron chi connectivity index (χ3n) is 3.11. The highest BCUT2D eigenvalue weighted by Crippen LogP contribution is 2.34. The molecule has 3 rings (SSSR count). The molecule has 0 fully saturated rings. The summed E-state index contributed by atoms with van der Waals surface area (Å²) < 4.78 is 1.09. The lowest BCUT2D eigenvalue weighted by atomic mass is 10.2. The highest BCUT2D eigenvalue weighted by molar-refractivity contribution is 9.10. The molecule has 3 aromatic carbocycles. The topological polar surface area (TPSA) is 3.24 Å². The second kappa shape index (κ2) is 8.40. The first-order valence-corrected chi connectivity index (χ1v) is 8.30. The van der Waals surface area contributed by atoms with Gasteiger partial charge < -0.3 is 4.90 Å². The summed E-state index contributed by atoms with van der Waals surface area (Å²) in [5.41, 5.74) is 3.45.